The topological polar surface area (TPSA) is 61.9 Å². The number of rotatable bonds is 5. The molecule has 0 aromatic carbocycles. The third-order valence-corrected chi connectivity index (χ3v) is 4.12. The highest BCUT2D eigenvalue weighted by Gasteiger charge is 2.35. The molecule has 0 aromatic heterocycles. The average Bonchev–Trinajstić information content (AvgIpc) is 3.21. The highest BCUT2D eigenvalue weighted by molar-refractivity contribution is 6.01. The van der Waals surface area contributed by atoms with Gasteiger partial charge in [-0.1, -0.05) is 0 Å². The van der Waals surface area contributed by atoms with Gasteiger partial charge in [0.25, 0.3) is 0 Å². The van der Waals surface area contributed by atoms with Gasteiger partial charge in [-0.05, 0) is 25.2 Å². The molecule has 0 aromatic rings. The smallest absolute Gasteiger partial charge is 0.324 e. The molecular formula is C13H21N3O3. The monoisotopic (exact) mass is 267 g/mol. The minimum atomic E-state index is -0.247. The number of ether oxygens (including phenoxy) is 1. The number of amides is 3. The lowest BCUT2D eigenvalue weighted by atomic mass is 10.2. The van der Waals surface area contributed by atoms with E-state index in [-0.39, 0.29) is 18.5 Å². The standard InChI is InChI=1S/C13H21N3O3/c17-12-8-14-13(18)16(12)5-1-4-15-6-7-19-11(9-15)10-2-3-10/h10-11H,1-9H2,(H,14,18). The van der Waals surface area contributed by atoms with E-state index in [1.807, 2.05) is 0 Å². The fourth-order valence-corrected chi connectivity index (χ4v) is 2.82. The lowest BCUT2D eigenvalue weighted by Gasteiger charge is -2.33. The number of nitrogens with one attached hydrogen (secondary N) is 1. The van der Waals surface area contributed by atoms with Crippen molar-refractivity contribution in [3.05, 3.63) is 0 Å². The molecule has 2 aliphatic heterocycles. The van der Waals surface area contributed by atoms with E-state index in [0.29, 0.717) is 12.6 Å². The molecule has 19 heavy (non-hydrogen) atoms. The Morgan fingerprint density at radius 3 is 2.79 bits per heavy atom. The summed E-state index contributed by atoms with van der Waals surface area (Å²) in [6, 6.07) is -0.247. The van der Waals surface area contributed by atoms with E-state index in [4.69, 9.17) is 4.74 Å². The maximum absolute atomic E-state index is 11.4. The van der Waals surface area contributed by atoms with E-state index in [0.717, 1.165) is 38.6 Å². The zero-order valence-electron chi connectivity index (χ0n) is 11.1. The van der Waals surface area contributed by atoms with E-state index < -0.39 is 0 Å². The second-order valence-corrected chi connectivity index (χ2v) is 5.60. The Bertz CT molecular complexity index is 354. The van der Waals surface area contributed by atoms with Gasteiger partial charge in [-0.2, -0.15) is 0 Å². The van der Waals surface area contributed by atoms with Crippen LogP contribution in [-0.2, 0) is 9.53 Å². The molecule has 6 nitrogen and oxygen atoms in total. The number of carbonyl (C=O) groups is 2. The van der Waals surface area contributed by atoms with Crippen molar-refractivity contribution < 1.29 is 14.3 Å². The second kappa shape index (κ2) is 5.46. The van der Waals surface area contributed by atoms with Crippen molar-refractivity contribution in [2.24, 2.45) is 5.92 Å². The minimum absolute atomic E-state index is 0.108. The number of imide groups is 1. The van der Waals surface area contributed by atoms with E-state index in [2.05, 4.69) is 10.2 Å². The van der Waals surface area contributed by atoms with Gasteiger partial charge in [-0.3, -0.25) is 14.6 Å². The van der Waals surface area contributed by atoms with Crippen molar-refractivity contribution in [1.82, 2.24) is 15.1 Å². The summed E-state index contributed by atoms with van der Waals surface area (Å²) in [6.07, 6.45) is 3.86. The van der Waals surface area contributed by atoms with Crippen LogP contribution in [0.5, 0.6) is 0 Å². The van der Waals surface area contributed by atoms with Crippen LogP contribution in [0.2, 0.25) is 0 Å². The number of urea groups is 1. The molecular weight excluding hydrogens is 246 g/mol. The zero-order valence-corrected chi connectivity index (χ0v) is 11.1. The number of hydrogen-bond acceptors (Lipinski definition) is 4. The van der Waals surface area contributed by atoms with Gasteiger partial charge in [-0.25, -0.2) is 4.79 Å². The summed E-state index contributed by atoms with van der Waals surface area (Å²) in [4.78, 5) is 26.5. The van der Waals surface area contributed by atoms with Crippen molar-refractivity contribution in [3.63, 3.8) is 0 Å². The SMILES string of the molecule is O=C1CNC(=O)N1CCCN1CCOC(C2CC2)C1. The van der Waals surface area contributed by atoms with Crippen LogP contribution in [0.25, 0.3) is 0 Å². The van der Waals surface area contributed by atoms with Gasteiger partial charge in [0.15, 0.2) is 0 Å². The van der Waals surface area contributed by atoms with Crippen LogP contribution in [0.15, 0.2) is 0 Å². The molecule has 1 N–H and O–H groups in total. The lowest BCUT2D eigenvalue weighted by Crippen LogP contribution is -2.44. The Hall–Kier alpha value is -1.14. The Kier molecular flexibility index (Phi) is 3.70. The fourth-order valence-electron chi connectivity index (χ4n) is 2.82. The van der Waals surface area contributed by atoms with E-state index in [1.165, 1.54) is 17.7 Å². The van der Waals surface area contributed by atoms with Crippen LogP contribution < -0.4 is 5.32 Å². The van der Waals surface area contributed by atoms with Gasteiger partial charge in [0.05, 0.1) is 19.3 Å². The van der Waals surface area contributed by atoms with Crippen LogP contribution in [0.4, 0.5) is 4.79 Å². The van der Waals surface area contributed by atoms with Gasteiger partial charge in [-0.15, -0.1) is 0 Å². The Morgan fingerprint density at radius 1 is 1.26 bits per heavy atom. The van der Waals surface area contributed by atoms with Gasteiger partial charge >= 0.3 is 6.03 Å². The van der Waals surface area contributed by atoms with Crippen molar-refractivity contribution in [3.8, 4) is 0 Å². The molecule has 2 heterocycles. The molecule has 3 aliphatic rings. The molecule has 1 saturated carbocycles. The highest BCUT2D eigenvalue weighted by atomic mass is 16.5. The predicted molar refractivity (Wildman–Crippen MR) is 68.6 cm³/mol. The van der Waals surface area contributed by atoms with Crippen molar-refractivity contribution in [2.45, 2.75) is 25.4 Å². The quantitative estimate of drug-likeness (QED) is 0.714. The molecule has 3 fully saturated rings. The van der Waals surface area contributed by atoms with E-state index in [9.17, 15) is 9.59 Å². The summed E-state index contributed by atoms with van der Waals surface area (Å²) in [5, 5.41) is 2.54. The molecule has 6 heteroatoms. The first-order valence-corrected chi connectivity index (χ1v) is 7.16. The molecule has 106 valence electrons. The minimum Gasteiger partial charge on any atom is -0.375 e. The molecule has 0 spiro atoms. The first kappa shape index (κ1) is 12.9. The molecule has 1 aliphatic carbocycles. The Morgan fingerprint density at radius 2 is 2.11 bits per heavy atom. The van der Waals surface area contributed by atoms with Gasteiger partial charge in [0.1, 0.15) is 0 Å². The first-order chi connectivity index (χ1) is 9.24. The second-order valence-electron chi connectivity index (χ2n) is 5.60. The summed E-state index contributed by atoms with van der Waals surface area (Å²) >= 11 is 0. The number of carbonyl (C=O) groups excluding carboxylic acids is 2. The molecule has 2 saturated heterocycles. The van der Waals surface area contributed by atoms with Crippen LogP contribution in [0.1, 0.15) is 19.3 Å². The summed E-state index contributed by atoms with van der Waals surface area (Å²) < 4.78 is 5.78. The molecule has 1 unspecified atom stereocenters. The maximum atomic E-state index is 11.4. The summed E-state index contributed by atoms with van der Waals surface area (Å²) in [5.41, 5.74) is 0. The normalized spacial score (nSPS) is 28.8. The Labute approximate surface area is 113 Å². The molecule has 3 rings (SSSR count). The van der Waals surface area contributed by atoms with Crippen molar-refractivity contribution >= 4 is 11.9 Å². The molecule has 1 atom stereocenters. The van der Waals surface area contributed by atoms with Crippen LogP contribution in [0, 0.1) is 5.92 Å². The highest BCUT2D eigenvalue weighted by Crippen LogP contribution is 2.35. The zero-order chi connectivity index (χ0) is 13.2. The third-order valence-electron chi connectivity index (χ3n) is 4.12. The molecule has 3 amide bonds. The van der Waals surface area contributed by atoms with Crippen molar-refractivity contribution in [2.75, 3.05) is 39.3 Å². The van der Waals surface area contributed by atoms with Gasteiger partial charge in [0.2, 0.25) is 5.91 Å². The summed E-state index contributed by atoms with van der Waals surface area (Å²) in [5.74, 6) is 0.663. The van der Waals surface area contributed by atoms with Gasteiger partial charge in [0, 0.05) is 26.2 Å². The van der Waals surface area contributed by atoms with E-state index >= 15 is 0 Å². The fraction of sp³-hybridized carbons (Fsp3) is 0.846. The van der Waals surface area contributed by atoms with Gasteiger partial charge < -0.3 is 10.1 Å². The van der Waals surface area contributed by atoms with Crippen LogP contribution >= 0.6 is 0 Å². The van der Waals surface area contributed by atoms with Crippen LogP contribution in [0.3, 0.4) is 0 Å². The number of nitrogens with zero attached hydrogens (tertiary/aromatic N) is 2. The number of hydrogen-bond donors (Lipinski definition) is 1. The molecule has 0 radical (unpaired) electrons. The lowest BCUT2D eigenvalue weighted by molar-refractivity contribution is -0.125. The number of morpholine rings is 1. The van der Waals surface area contributed by atoms with Crippen molar-refractivity contribution in [1.29, 1.82) is 0 Å². The first-order valence-electron chi connectivity index (χ1n) is 7.16. The van der Waals surface area contributed by atoms with Crippen LogP contribution in [-0.4, -0.2) is 67.2 Å². The maximum Gasteiger partial charge on any atom is 0.324 e. The summed E-state index contributed by atoms with van der Waals surface area (Å²) in [6.45, 7) is 4.39. The Balaban J connectivity index is 1.39. The predicted octanol–water partition coefficient (Wildman–Crippen LogP) is 0.0391. The largest absolute Gasteiger partial charge is 0.375 e. The summed E-state index contributed by atoms with van der Waals surface area (Å²) in [7, 11) is 0. The average molecular weight is 267 g/mol. The molecule has 0 bridgehead atoms. The third kappa shape index (κ3) is 3.06. The van der Waals surface area contributed by atoms with E-state index in [1.54, 1.807) is 0 Å².